The third-order valence-electron chi connectivity index (χ3n) is 1.22. The average Bonchev–Trinajstić information content (AvgIpc) is 2.00. The summed E-state index contributed by atoms with van der Waals surface area (Å²) in [5, 5.41) is 2.72. The van der Waals surface area contributed by atoms with E-state index in [-0.39, 0.29) is 5.65 Å². The molecular weight excluding hydrogens is 213 g/mol. The van der Waals surface area contributed by atoms with Crippen LogP contribution in [0.4, 0.5) is 4.79 Å². The zero-order chi connectivity index (χ0) is 9.61. The third kappa shape index (κ3) is 4.55. The van der Waals surface area contributed by atoms with Crippen molar-refractivity contribution in [2.45, 2.75) is 0 Å². The molecule has 0 atom stereocenters. The molecule has 0 rings (SSSR count). The van der Waals surface area contributed by atoms with Gasteiger partial charge in [0.05, 0.1) is 0 Å². The Balaban J connectivity index is 3.88. The second-order valence-electron chi connectivity index (χ2n) is 2.70. The second kappa shape index (κ2) is 6.08. The van der Waals surface area contributed by atoms with Gasteiger partial charge >= 0.3 is 81.6 Å². The maximum absolute atomic E-state index is 11.5. The number of rotatable bonds is 5. The fraction of sp³-hybridized carbons (Fsp3) is 0.833. The van der Waals surface area contributed by atoms with Gasteiger partial charge in [0, 0.05) is 0 Å². The summed E-state index contributed by atoms with van der Waals surface area (Å²) in [4.78, 5) is 11.5. The molecule has 0 aliphatic rings. The Morgan fingerprint density at radius 3 is 2.58 bits per heavy atom. The molecule has 0 saturated carbocycles. The number of carbonyl (C=O) groups is 1. The Bertz CT molecular complexity index is 154. The van der Waals surface area contributed by atoms with Crippen LogP contribution in [0.5, 0.6) is 0 Å². The van der Waals surface area contributed by atoms with E-state index in [1.807, 2.05) is 19.6 Å². The number of hydrogen-bond donors (Lipinski definition) is 1. The SMILES string of the molecule is COCNC(=O)[PH](C)(C)SSC. The van der Waals surface area contributed by atoms with Gasteiger partial charge in [0.25, 0.3) is 0 Å². The third-order valence-corrected chi connectivity index (χ3v) is 10.6. The quantitative estimate of drug-likeness (QED) is 0.446. The summed E-state index contributed by atoms with van der Waals surface area (Å²) in [5.41, 5.74) is 0.142. The second-order valence-corrected chi connectivity index (χ2v) is 12.7. The summed E-state index contributed by atoms with van der Waals surface area (Å²) in [6.45, 7) is 2.57. The van der Waals surface area contributed by atoms with Crippen LogP contribution in [0.1, 0.15) is 0 Å². The van der Waals surface area contributed by atoms with Gasteiger partial charge in [-0.25, -0.2) is 0 Å². The number of amides is 1. The summed E-state index contributed by atoms with van der Waals surface area (Å²) in [5.74, 6) is 0. The summed E-state index contributed by atoms with van der Waals surface area (Å²) in [6, 6.07) is 0. The van der Waals surface area contributed by atoms with Gasteiger partial charge in [-0.2, -0.15) is 0 Å². The van der Waals surface area contributed by atoms with Crippen LogP contribution in [0.3, 0.4) is 0 Å². The molecule has 0 spiro atoms. The van der Waals surface area contributed by atoms with Crippen LogP contribution in [-0.4, -0.2) is 39.1 Å². The predicted octanol–water partition coefficient (Wildman–Crippen LogP) is 2.24. The van der Waals surface area contributed by atoms with Gasteiger partial charge in [0.1, 0.15) is 0 Å². The molecule has 0 unspecified atom stereocenters. The van der Waals surface area contributed by atoms with Crippen molar-refractivity contribution in [1.82, 2.24) is 5.32 Å². The molecule has 0 aromatic heterocycles. The van der Waals surface area contributed by atoms with Crippen LogP contribution in [0.2, 0.25) is 0 Å². The van der Waals surface area contributed by atoms with Crippen LogP contribution >= 0.6 is 27.7 Å². The predicted molar refractivity (Wildman–Crippen MR) is 61.7 cm³/mol. The zero-order valence-corrected chi connectivity index (χ0v) is 10.5. The van der Waals surface area contributed by atoms with E-state index < -0.39 is 6.46 Å². The number of hydrogen-bond acceptors (Lipinski definition) is 4. The number of carbonyl (C=O) groups excluding carboxylic acids is 1. The molecule has 0 aliphatic carbocycles. The molecule has 0 saturated heterocycles. The van der Waals surface area contributed by atoms with E-state index in [9.17, 15) is 4.79 Å². The van der Waals surface area contributed by atoms with Crippen molar-refractivity contribution >= 4 is 33.3 Å². The molecule has 0 bridgehead atoms. The summed E-state index contributed by atoms with van der Waals surface area (Å²) in [7, 11) is 4.89. The Hall–Kier alpha value is 0.560. The standard InChI is InChI=1S/C6H16NO2PS2/c1-9-5-7-6(8)10(2,3)12-11-4/h10H,5H2,1-4H3,(H,7,8). The molecule has 74 valence electrons. The fourth-order valence-corrected chi connectivity index (χ4v) is 7.71. The van der Waals surface area contributed by atoms with Gasteiger partial charge in [-0.3, -0.25) is 0 Å². The van der Waals surface area contributed by atoms with Crippen LogP contribution < -0.4 is 5.32 Å². The topological polar surface area (TPSA) is 38.3 Å². The molecule has 0 radical (unpaired) electrons. The minimum atomic E-state index is -1.79. The first-order valence-electron chi connectivity index (χ1n) is 3.53. The molecule has 12 heavy (non-hydrogen) atoms. The number of nitrogens with one attached hydrogen (secondary N) is 1. The normalized spacial score (nSPS) is 12.7. The van der Waals surface area contributed by atoms with E-state index in [1.165, 1.54) is 0 Å². The minimum absolute atomic E-state index is 0.142. The molecule has 0 heterocycles. The summed E-state index contributed by atoms with van der Waals surface area (Å²) >= 11 is 0. The van der Waals surface area contributed by atoms with Crippen LogP contribution in [0, 0.1) is 0 Å². The van der Waals surface area contributed by atoms with Gasteiger partial charge in [-0.1, -0.05) is 0 Å². The molecular formula is C6H16NO2PS2. The van der Waals surface area contributed by atoms with Crippen molar-refractivity contribution in [3.63, 3.8) is 0 Å². The fourth-order valence-electron chi connectivity index (χ4n) is 0.597. The Morgan fingerprint density at radius 1 is 1.58 bits per heavy atom. The van der Waals surface area contributed by atoms with E-state index in [0.717, 1.165) is 0 Å². The first-order chi connectivity index (χ1) is 5.54. The first kappa shape index (κ1) is 12.6. The summed E-state index contributed by atoms with van der Waals surface area (Å²) in [6.07, 6.45) is 1.99. The van der Waals surface area contributed by atoms with Crippen molar-refractivity contribution in [3.05, 3.63) is 0 Å². The average molecular weight is 229 g/mol. The number of methoxy groups -OCH3 is 1. The molecule has 3 nitrogen and oxygen atoms in total. The van der Waals surface area contributed by atoms with Gasteiger partial charge in [0.2, 0.25) is 0 Å². The van der Waals surface area contributed by atoms with Crippen molar-refractivity contribution < 1.29 is 9.53 Å². The van der Waals surface area contributed by atoms with E-state index >= 15 is 0 Å². The maximum atomic E-state index is 11.5. The molecule has 1 N–H and O–H groups in total. The Morgan fingerprint density at radius 2 is 2.17 bits per heavy atom. The Kier molecular flexibility index (Phi) is 6.36. The Labute approximate surface area is 81.9 Å². The van der Waals surface area contributed by atoms with Crippen LogP contribution in [-0.2, 0) is 4.74 Å². The van der Waals surface area contributed by atoms with Gasteiger partial charge in [-0.05, 0) is 0 Å². The van der Waals surface area contributed by atoms with Crippen LogP contribution in [0.25, 0.3) is 0 Å². The molecule has 0 fully saturated rings. The summed E-state index contributed by atoms with van der Waals surface area (Å²) < 4.78 is 4.76. The van der Waals surface area contributed by atoms with E-state index in [0.29, 0.717) is 6.73 Å². The van der Waals surface area contributed by atoms with E-state index in [1.54, 1.807) is 28.3 Å². The van der Waals surface area contributed by atoms with Gasteiger partial charge < -0.3 is 0 Å². The molecule has 0 aromatic rings. The van der Waals surface area contributed by atoms with Crippen molar-refractivity contribution in [1.29, 1.82) is 0 Å². The molecule has 0 aromatic carbocycles. The molecule has 0 aliphatic heterocycles. The zero-order valence-electron chi connectivity index (χ0n) is 7.84. The van der Waals surface area contributed by atoms with Gasteiger partial charge in [0.15, 0.2) is 0 Å². The van der Waals surface area contributed by atoms with Crippen molar-refractivity contribution in [2.24, 2.45) is 0 Å². The van der Waals surface area contributed by atoms with Crippen molar-refractivity contribution in [2.75, 3.05) is 33.4 Å². The van der Waals surface area contributed by atoms with E-state index in [4.69, 9.17) is 4.74 Å². The van der Waals surface area contributed by atoms with Gasteiger partial charge in [-0.15, -0.1) is 0 Å². The first-order valence-corrected chi connectivity index (χ1v) is 9.82. The molecule has 1 amide bonds. The van der Waals surface area contributed by atoms with E-state index in [2.05, 4.69) is 5.32 Å². The monoisotopic (exact) mass is 229 g/mol. The molecule has 6 heteroatoms. The van der Waals surface area contributed by atoms with Crippen LogP contribution in [0.15, 0.2) is 0 Å². The van der Waals surface area contributed by atoms with Crippen molar-refractivity contribution in [3.8, 4) is 0 Å². The number of ether oxygens (including phenoxy) is 1.